The number of aliphatic carboxylic acids is 1. The van der Waals surface area contributed by atoms with Gasteiger partial charge < -0.3 is 15.5 Å². The van der Waals surface area contributed by atoms with E-state index in [9.17, 15) is 14.7 Å². The van der Waals surface area contributed by atoms with E-state index in [1.165, 1.54) is 17.4 Å². The molecule has 192 valence electrons. The zero-order valence-electron chi connectivity index (χ0n) is 19.7. The van der Waals surface area contributed by atoms with Crippen molar-refractivity contribution in [3.63, 3.8) is 0 Å². The summed E-state index contributed by atoms with van der Waals surface area (Å²) in [5, 5.41) is 28.0. The molecule has 0 unspecified atom stereocenters. The Kier molecular flexibility index (Phi) is 7.33. The Balaban J connectivity index is 1.47. The number of carboxylic acids is 1. The molecule has 38 heavy (non-hydrogen) atoms. The van der Waals surface area contributed by atoms with Gasteiger partial charge in [0.1, 0.15) is 10.8 Å². The Morgan fingerprint density at radius 2 is 1.76 bits per heavy atom. The van der Waals surface area contributed by atoms with Crippen LogP contribution < -0.4 is 5.32 Å². The summed E-state index contributed by atoms with van der Waals surface area (Å²) >= 11 is 13.8. The van der Waals surface area contributed by atoms with Gasteiger partial charge in [-0.1, -0.05) is 35.3 Å². The quantitative estimate of drug-likeness (QED) is 0.209. The maximum absolute atomic E-state index is 12.3. The lowest BCUT2D eigenvalue weighted by Crippen LogP contribution is -2.25. The standard InChI is InChI=1S/C27H20Cl2N4O4S/c28-18-5-6-21-24(12-18)38-27(31-21)23-13-22(17-9-19(29)11-20(34)10-17)32-33(23)14-15-1-3-16(4-2-15)26(37)30-8-7-25(35)36/h1-6,9-13,34H,7-8,14H2,(H,30,37)(H,35,36). The molecule has 11 heteroatoms. The Morgan fingerprint density at radius 1 is 0.974 bits per heavy atom. The molecule has 0 spiro atoms. The highest BCUT2D eigenvalue weighted by atomic mass is 35.5. The zero-order chi connectivity index (χ0) is 26.8. The summed E-state index contributed by atoms with van der Waals surface area (Å²) in [6.07, 6.45) is -0.142. The van der Waals surface area contributed by atoms with Crippen LogP contribution in [0.3, 0.4) is 0 Å². The molecule has 0 radical (unpaired) electrons. The first kappa shape index (κ1) is 25.7. The van der Waals surface area contributed by atoms with Gasteiger partial charge in [-0.3, -0.25) is 14.3 Å². The van der Waals surface area contributed by atoms with Crippen molar-refractivity contribution in [1.29, 1.82) is 0 Å². The van der Waals surface area contributed by atoms with Gasteiger partial charge in [0.15, 0.2) is 0 Å². The molecule has 0 bridgehead atoms. The number of hydrogen-bond donors (Lipinski definition) is 3. The monoisotopic (exact) mass is 566 g/mol. The predicted molar refractivity (Wildman–Crippen MR) is 148 cm³/mol. The fourth-order valence-electron chi connectivity index (χ4n) is 3.90. The second kappa shape index (κ2) is 10.8. The number of thiazole rings is 1. The molecule has 0 aliphatic rings. The highest BCUT2D eigenvalue weighted by Gasteiger charge is 2.17. The summed E-state index contributed by atoms with van der Waals surface area (Å²) in [5.74, 6) is -1.27. The van der Waals surface area contributed by atoms with Crippen molar-refractivity contribution in [3.8, 4) is 27.7 Å². The molecule has 0 saturated carbocycles. The number of aromatic nitrogens is 3. The SMILES string of the molecule is O=C(O)CCNC(=O)c1ccc(Cn2nc(-c3cc(O)cc(Cl)c3)cc2-c2nc3ccc(Cl)cc3s2)cc1. The number of rotatable bonds is 8. The van der Waals surface area contributed by atoms with E-state index in [-0.39, 0.29) is 24.6 Å². The first-order valence-electron chi connectivity index (χ1n) is 11.5. The zero-order valence-corrected chi connectivity index (χ0v) is 22.0. The Bertz CT molecular complexity index is 1640. The summed E-state index contributed by atoms with van der Waals surface area (Å²) < 4.78 is 2.76. The largest absolute Gasteiger partial charge is 0.508 e. The van der Waals surface area contributed by atoms with E-state index in [1.807, 2.05) is 35.0 Å². The number of carbonyl (C=O) groups excluding carboxylic acids is 1. The fourth-order valence-corrected chi connectivity index (χ4v) is 5.39. The Hall–Kier alpha value is -3.92. The minimum atomic E-state index is -0.973. The van der Waals surface area contributed by atoms with Gasteiger partial charge in [0, 0.05) is 27.7 Å². The van der Waals surface area contributed by atoms with Crippen molar-refractivity contribution in [1.82, 2.24) is 20.1 Å². The Labute approximate surface area is 231 Å². The number of fused-ring (bicyclic) bond motifs is 1. The third-order valence-electron chi connectivity index (χ3n) is 5.70. The molecule has 0 aliphatic carbocycles. The number of nitrogens with zero attached hydrogens (tertiary/aromatic N) is 3. The van der Waals surface area contributed by atoms with Crippen LogP contribution in [0, 0.1) is 0 Å². The van der Waals surface area contributed by atoms with E-state index in [2.05, 4.69) is 5.32 Å². The second-order valence-electron chi connectivity index (χ2n) is 8.50. The molecule has 5 aromatic rings. The van der Waals surface area contributed by atoms with Crippen molar-refractivity contribution in [2.75, 3.05) is 6.54 Å². The number of benzene rings is 3. The molecule has 8 nitrogen and oxygen atoms in total. The molecule has 5 rings (SSSR count). The van der Waals surface area contributed by atoms with Crippen molar-refractivity contribution in [2.45, 2.75) is 13.0 Å². The van der Waals surface area contributed by atoms with Gasteiger partial charge in [-0.2, -0.15) is 5.10 Å². The van der Waals surface area contributed by atoms with Gasteiger partial charge in [0.05, 0.1) is 34.6 Å². The summed E-state index contributed by atoms with van der Waals surface area (Å²) in [5.41, 5.74) is 4.19. The van der Waals surface area contributed by atoms with Crippen LogP contribution in [-0.2, 0) is 11.3 Å². The van der Waals surface area contributed by atoms with E-state index >= 15 is 0 Å². The van der Waals surface area contributed by atoms with Crippen LogP contribution in [0.25, 0.3) is 32.2 Å². The minimum Gasteiger partial charge on any atom is -0.508 e. The third-order valence-corrected chi connectivity index (χ3v) is 7.19. The fraction of sp³-hybridized carbons (Fsp3) is 0.111. The molecule has 3 aromatic carbocycles. The number of phenolic OH excluding ortho intramolecular Hbond substituents is 1. The number of phenols is 1. The topological polar surface area (TPSA) is 117 Å². The lowest BCUT2D eigenvalue weighted by molar-refractivity contribution is -0.136. The molecule has 0 fully saturated rings. The number of carbonyl (C=O) groups is 2. The normalized spacial score (nSPS) is 11.1. The summed E-state index contributed by atoms with van der Waals surface area (Å²) in [7, 11) is 0. The molecule has 0 aliphatic heterocycles. The van der Waals surface area contributed by atoms with Gasteiger partial charge in [-0.15, -0.1) is 11.3 Å². The lowest BCUT2D eigenvalue weighted by Gasteiger charge is -2.08. The third kappa shape index (κ3) is 5.80. The molecule has 0 atom stereocenters. The van der Waals surface area contributed by atoms with Crippen molar-refractivity contribution in [2.24, 2.45) is 0 Å². The van der Waals surface area contributed by atoms with Crippen LogP contribution in [0.15, 0.2) is 66.7 Å². The number of carboxylic acid groups (broad SMARTS) is 1. The van der Waals surface area contributed by atoms with E-state index < -0.39 is 5.97 Å². The first-order valence-corrected chi connectivity index (χ1v) is 13.1. The van der Waals surface area contributed by atoms with Gasteiger partial charge in [-0.25, -0.2) is 4.98 Å². The van der Waals surface area contributed by atoms with Crippen LogP contribution >= 0.6 is 34.5 Å². The van der Waals surface area contributed by atoms with Gasteiger partial charge >= 0.3 is 5.97 Å². The highest BCUT2D eigenvalue weighted by molar-refractivity contribution is 7.21. The first-order chi connectivity index (χ1) is 18.2. The molecular formula is C27H20Cl2N4O4S. The average Bonchev–Trinajstić information content (AvgIpc) is 3.47. The number of hydrogen-bond acceptors (Lipinski definition) is 6. The molecule has 2 heterocycles. The van der Waals surface area contributed by atoms with Gasteiger partial charge in [-0.05, 0) is 60.2 Å². The average molecular weight is 567 g/mol. The number of amides is 1. The number of aromatic hydroxyl groups is 1. The van der Waals surface area contributed by atoms with Crippen LogP contribution in [0.4, 0.5) is 0 Å². The molecular weight excluding hydrogens is 547 g/mol. The van der Waals surface area contributed by atoms with Crippen molar-refractivity contribution < 1.29 is 19.8 Å². The van der Waals surface area contributed by atoms with Gasteiger partial charge in [0.2, 0.25) is 0 Å². The van der Waals surface area contributed by atoms with Gasteiger partial charge in [0.25, 0.3) is 5.91 Å². The summed E-state index contributed by atoms with van der Waals surface area (Å²) in [6, 6.07) is 19.2. The maximum atomic E-state index is 12.3. The predicted octanol–water partition coefficient (Wildman–Crippen LogP) is 6.09. The number of halogens is 2. The van der Waals surface area contributed by atoms with Crippen molar-refractivity contribution >= 4 is 56.6 Å². The van der Waals surface area contributed by atoms with Crippen molar-refractivity contribution in [3.05, 3.63) is 87.9 Å². The smallest absolute Gasteiger partial charge is 0.305 e. The molecule has 3 N–H and O–H groups in total. The van der Waals surface area contributed by atoms with E-state index in [0.29, 0.717) is 33.4 Å². The summed E-state index contributed by atoms with van der Waals surface area (Å²) in [6.45, 7) is 0.446. The summed E-state index contributed by atoms with van der Waals surface area (Å²) in [4.78, 5) is 27.7. The molecule has 0 saturated heterocycles. The van der Waals surface area contributed by atoms with Crippen LogP contribution in [0.1, 0.15) is 22.3 Å². The lowest BCUT2D eigenvalue weighted by atomic mass is 10.1. The Morgan fingerprint density at radius 3 is 2.50 bits per heavy atom. The molecule has 2 aromatic heterocycles. The van der Waals surface area contributed by atoms with Crippen LogP contribution in [-0.4, -0.2) is 43.4 Å². The van der Waals surface area contributed by atoms with E-state index in [4.69, 9.17) is 38.4 Å². The maximum Gasteiger partial charge on any atom is 0.305 e. The second-order valence-corrected chi connectivity index (χ2v) is 10.4. The van der Waals surface area contributed by atoms with E-state index in [1.54, 1.807) is 30.3 Å². The molecule has 1 amide bonds. The van der Waals surface area contributed by atoms with Crippen LogP contribution in [0.5, 0.6) is 5.75 Å². The van der Waals surface area contributed by atoms with E-state index in [0.717, 1.165) is 26.5 Å². The van der Waals surface area contributed by atoms with Crippen LogP contribution in [0.2, 0.25) is 10.0 Å². The minimum absolute atomic E-state index is 0.0375. The number of nitrogens with one attached hydrogen (secondary N) is 1. The highest BCUT2D eigenvalue weighted by Crippen LogP contribution is 2.35.